The molecular weight excluding hydrogens is 256 g/mol. The zero-order chi connectivity index (χ0) is 16.0. The quantitative estimate of drug-likeness (QED) is 0.545. The fraction of sp³-hybridized carbons (Fsp3) is 0.579. The van der Waals surface area contributed by atoms with Gasteiger partial charge in [-0.1, -0.05) is 39.3 Å². The third kappa shape index (κ3) is 6.24. The highest BCUT2D eigenvalue weighted by Gasteiger charge is 2.13. The maximum absolute atomic E-state index is 6.32. The number of hydrogen-bond acceptors (Lipinski definition) is 2. The number of hydrogen-bond donors (Lipinski definition) is 1. The summed E-state index contributed by atoms with van der Waals surface area (Å²) >= 11 is 0. The van der Waals surface area contributed by atoms with Gasteiger partial charge in [0, 0.05) is 13.1 Å². The first-order chi connectivity index (χ1) is 9.79. The third-order valence-electron chi connectivity index (χ3n) is 3.44. The molecule has 1 aromatic carbocycles. The molecule has 0 aliphatic carbocycles. The van der Waals surface area contributed by atoms with Gasteiger partial charge in [0.2, 0.25) is 0 Å². The van der Waals surface area contributed by atoms with E-state index in [-0.39, 0.29) is 0 Å². The van der Waals surface area contributed by atoms with Gasteiger partial charge in [0.25, 0.3) is 0 Å². The van der Waals surface area contributed by atoms with E-state index in [1.807, 2.05) is 0 Å². The molecule has 0 aliphatic rings. The van der Waals surface area contributed by atoms with Crippen LogP contribution in [0, 0.1) is 11.8 Å². The summed E-state index contributed by atoms with van der Waals surface area (Å²) in [6.07, 6.45) is 2.05. The fourth-order valence-corrected chi connectivity index (χ4v) is 2.56. The summed E-state index contributed by atoms with van der Waals surface area (Å²) < 4.78 is 0. The third-order valence-corrected chi connectivity index (χ3v) is 3.44. The van der Waals surface area contributed by atoms with Crippen molar-refractivity contribution in [3.63, 3.8) is 0 Å². The Bertz CT molecular complexity index is 451. The van der Waals surface area contributed by atoms with Gasteiger partial charge in [-0.15, -0.1) is 6.58 Å². The molecule has 0 radical (unpaired) electrons. The molecule has 0 unspecified atom stereocenters. The molecule has 2 heteroatoms. The Hall–Kier alpha value is -1.44. The lowest BCUT2D eigenvalue weighted by Gasteiger charge is -2.30. The largest absolute Gasteiger partial charge is 0.397 e. The Balaban J connectivity index is 2.90. The zero-order valence-corrected chi connectivity index (χ0v) is 14.4. The monoisotopic (exact) mass is 288 g/mol. The molecule has 0 fully saturated rings. The highest BCUT2D eigenvalue weighted by atomic mass is 15.1. The van der Waals surface area contributed by atoms with Crippen LogP contribution in [0.4, 0.5) is 11.4 Å². The molecule has 0 saturated carbocycles. The van der Waals surface area contributed by atoms with E-state index in [2.05, 4.69) is 64.3 Å². The van der Waals surface area contributed by atoms with E-state index in [1.54, 1.807) is 0 Å². The van der Waals surface area contributed by atoms with Gasteiger partial charge in [-0.2, -0.15) is 0 Å². The van der Waals surface area contributed by atoms with Gasteiger partial charge in [0.1, 0.15) is 0 Å². The SMILES string of the molecule is C=C(C)CCc1ccc(N(CC(C)C)CC(C)C)c(N)c1. The van der Waals surface area contributed by atoms with E-state index in [0.29, 0.717) is 11.8 Å². The predicted octanol–water partition coefficient (Wildman–Crippen LogP) is 4.90. The minimum absolute atomic E-state index is 0.631. The van der Waals surface area contributed by atoms with Gasteiger partial charge in [0.15, 0.2) is 0 Å². The van der Waals surface area contributed by atoms with Crippen LogP contribution in [0.1, 0.15) is 46.6 Å². The Morgan fingerprint density at radius 2 is 1.71 bits per heavy atom. The van der Waals surface area contributed by atoms with Crippen LogP contribution in [-0.2, 0) is 6.42 Å². The summed E-state index contributed by atoms with van der Waals surface area (Å²) in [5, 5.41) is 0. The summed E-state index contributed by atoms with van der Waals surface area (Å²) in [6, 6.07) is 6.53. The van der Waals surface area contributed by atoms with Crippen LogP contribution in [0.3, 0.4) is 0 Å². The summed E-state index contributed by atoms with van der Waals surface area (Å²) in [5.41, 5.74) is 10.9. The summed E-state index contributed by atoms with van der Waals surface area (Å²) in [7, 11) is 0. The van der Waals surface area contributed by atoms with Crippen LogP contribution >= 0.6 is 0 Å². The molecule has 1 rings (SSSR count). The average Bonchev–Trinajstić information content (AvgIpc) is 2.34. The lowest BCUT2D eigenvalue weighted by molar-refractivity contribution is 0.553. The van der Waals surface area contributed by atoms with Crippen molar-refractivity contribution in [2.75, 3.05) is 23.7 Å². The zero-order valence-electron chi connectivity index (χ0n) is 14.4. The molecule has 0 spiro atoms. The lowest BCUT2D eigenvalue weighted by Crippen LogP contribution is -2.31. The molecule has 0 saturated heterocycles. The molecule has 0 amide bonds. The molecule has 2 nitrogen and oxygen atoms in total. The standard InChI is InChI=1S/C19H32N2/c1-14(2)7-8-17-9-10-19(18(20)11-17)21(12-15(3)4)13-16(5)6/h9-11,15-16H,1,7-8,12-13,20H2,2-6H3. The molecule has 0 heterocycles. The van der Waals surface area contributed by atoms with Gasteiger partial charge in [0.05, 0.1) is 11.4 Å². The van der Waals surface area contributed by atoms with E-state index in [9.17, 15) is 0 Å². The van der Waals surface area contributed by atoms with Crippen molar-refractivity contribution < 1.29 is 0 Å². The fourth-order valence-electron chi connectivity index (χ4n) is 2.56. The number of aryl methyl sites for hydroxylation is 1. The van der Waals surface area contributed by atoms with Crippen LogP contribution in [0.15, 0.2) is 30.4 Å². The second-order valence-corrected chi connectivity index (χ2v) is 7.04. The Morgan fingerprint density at radius 1 is 1.14 bits per heavy atom. The number of nitrogens with two attached hydrogens (primary N) is 1. The molecule has 0 atom stereocenters. The lowest BCUT2D eigenvalue weighted by atomic mass is 10.0. The van der Waals surface area contributed by atoms with Crippen molar-refractivity contribution in [2.45, 2.75) is 47.5 Å². The minimum Gasteiger partial charge on any atom is -0.397 e. The Kier molecular flexibility index (Phi) is 6.80. The van der Waals surface area contributed by atoms with Crippen LogP contribution in [0.25, 0.3) is 0 Å². The minimum atomic E-state index is 0.631. The van der Waals surface area contributed by atoms with Crippen LogP contribution < -0.4 is 10.6 Å². The highest BCUT2D eigenvalue weighted by Crippen LogP contribution is 2.27. The first kappa shape index (κ1) is 17.6. The first-order valence-corrected chi connectivity index (χ1v) is 8.07. The van der Waals surface area contributed by atoms with E-state index < -0.39 is 0 Å². The second kappa shape index (κ2) is 8.11. The van der Waals surface area contributed by atoms with E-state index in [0.717, 1.165) is 31.6 Å². The van der Waals surface area contributed by atoms with Crippen molar-refractivity contribution in [1.29, 1.82) is 0 Å². The van der Waals surface area contributed by atoms with Gasteiger partial charge in [-0.05, 0) is 49.3 Å². The van der Waals surface area contributed by atoms with Crippen LogP contribution in [0.2, 0.25) is 0 Å². The normalized spacial score (nSPS) is 11.2. The first-order valence-electron chi connectivity index (χ1n) is 8.07. The summed E-state index contributed by atoms with van der Waals surface area (Å²) in [6.45, 7) is 17.2. The Morgan fingerprint density at radius 3 is 2.14 bits per heavy atom. The molecule has 1 aromatic rings. The number of rotatable bonds is 8. The molecule has 0 aromatic heterocycles. The topological polar surface area (TPSA) is 29.3 Å². The molecule has 0 bridgehead atoms. The van der Waals surface area contributed by atoms with Crippen LogP contribution in [-0.4, -0.2) is 13.1 Å². The molecule has 2 N–H and O–H groups in total. The summed E-state index contributed by atoms with van der Waals surface area (Å²) in [5.74, 6) is 1.26. The van der Waals surface area contributed by atoms with Gasteiger partial charge in [-0.25, -0.2) is 0 Å². The number of anilines is 2. The van der Waals surface area contributed by atoms with E-state index >= 15 is 0 Å². The second-order valence-electron chi connectivity index (χ2n) is 7.04. The van der Waals surface area contributed by atoms with Crippen molar-refractivity contribution in [3.8, 4) is 0 Å². The number of benzene rings is 1. The van der Waals surface area contributed by atoms with E-state index in [1.165, 1.54) is 16.8 Å². The number of nitrogens with zero attached hydrogens (tertiary/aromatic N) is 1. The van der Waals surface area contributed by atoms with Crippen molar-refractivity contribution in [3.05, 3.63) is 35.9 Å². The Labute approximate surface area is 131 Å². The molecule has 0 aliphatic heterocycles. The predicted molar refractivity (Wildman–Crippen MR) is 95.9 cm³/mol. The van der Waals surface area contributed by atoms with Crippen molar-refractivity contribution >= 4 is 11.4 Å². The molecular formula is C19H32N2. The van der Waals surface area contributed by atoms with E-state index in [4.69, 9.17) is 5.73 Å². The number of allylic oxidation sites excluding steroid dienone is 1. The smallest absolute Gasteiger partial charge is 0.0600 e. The maximum Gasteiger partial charge on any atom is 0.0600 e. The molecule has 21 heavy (non-hydrogen) atoms. The highest BCUT2D eigenvalue weighted by molar-refractivity contribution is 5.68. The van der Waals surface area contributed by atoms with Crippen molar-refractivity contribution in [2.24, 2.45) is 11.8 Å². The van der Waals surface area contributed by atoms with Crippen molar-refractivity contribution in [1.82, 2.24) is 0 Å². The van der Waals surface area contributed by atoms with Gasteiger partial charge >= 0.3 is 0 Å². The van der Waals surface area contributed by atoms with Gasteiger partial charge < -0.3 is 10.6 Å². The van der Waals surface area contributed by atoms with Crippen LogP contribution in [0.5, 0.6) is 0 Å². The molecule has 118 valence electrons. The average molecular weight is 288 g/mol. The van der Waals surface area contributed by atoms with Gasteiger partial charge in [-0.3, -0.25) is 0 Å². The maximum atomic E-state index is 6.32. The number of nitrogen functional groups attached to an aromatic ring is 1. The summed E-state index contributed by atoms with van der Waals surface area (Å²) in [4.78, 5) is 2.42.